The molecule has 2 N–H and O–H groups in total. The Balaban J connectivity index is 1.95. The summed E-state index contributed by atoms with van der Waals surface area (Å²) in [7, 11) is 0. The molecule has 6 nitrogen and oxygen atoms in total. The molecule has 2 amide bonds. The molecule has 0 unspecified atom stereocenters. The Hall–Kier alpha value is -3.02. The number of hydrogen-bond acceptors (Lipinski definition) is 4. The van der Waals surface area contributed by atoms with Gasteiger partial charge in [0.15, 0.2) is 0 Å². The summed E-state index contributed by atoms with van der Waals surface area (Å²) >= 11 is 0. The number of ether oxygens (including phenoxy) is 1. The number of amides is 2. The van der Waals surface area contributed by atoms with Gasteiger partial charge < -0.3 is 20.3 Å². The fraction of sp³-hybridized carbons (Fsp3) is 0.391. The summed E-state index contributed by atoms with van der Waals surface area (Å²) in [5.74, 6) is 0.503. The smallest absolute Gasteiger partial charge is 0.253 e. The fourth-order valence-corrected chi connectivity index (χ4v) is 2.87. The molecule has 156 valence electrons. The molecular formula is C23H31N3O3. The molecule has 0 saturated carbocycles. The summed E-state index contributed by atoms with van der Waals surface area (Å²) in [4.78, 5) is 26.6. The van der Waals surface area contributed by atoms with Crippen molar-refractivity contribution in [3.05, 3.63) is 54.1 Å². The first kappa shape index (κ1) is 22.3. The van der Waals surface area contributed by atoms with Crippen molar-refractivity contribution < 1.29 is 14.3 Å². The third-order valence-corrected chi connectivity index (χ3v) is 4.53. The van der Waals surface area contributed by atoms with Gasteiger partial charge in [0.1, 0.15) is 5.75 Å². The van der Waals surface area contributed by atoms with Gasteiger partial charge in [-0.25, -0.2) is 0 Å². The van der Waals surface area contributed by atoms with Crippen LogP contribution in [-0.2, 0) is 4.79 Å². The number of benzene rings is 2. The molecule has 2 rings (SSSR count). The predicted octanol–water partition coefficient (Wildman–Crippen LogP) is 4.40. The lowest BCUT2D eigenvalue weighted by atomic mass is 10.1. The minimum absolute atomic E-state index is 0.0395. The highest BCUT2D eigenvalue weighted by atomic mass is 16.5. The van der Waals surface area contributed by atoms with Gasteiger partial charge in [0.05, 0.1) is 18.8 Å². The molecule has 29 heavy (non-hydrogen) atoms. The van der Waals surface area contributed by atoms with Gasteiger partial charge in [0, 0.05) is 24.3 Å². The predicted molar refractivity (Wildman–Crippen MR) is 118 cm³/mol. The van der Waals surface area contributed by atoms with E-state index in [0.717, 1.165) is 24.3 Å². The molecule has 0 aliphatic rings. The van der Waals surface area contributed by atoms with Crippen molar-refractivity contribution in [2.75, 3.05) is 36.9 Å². The Morgan fingerprint density at radius 2 is 1.76 bits per heavy atom. The summed E-state index contributed by atoms with van der Waals surface area (Å²) in [5.41, 5.74) is 1.95. The van der Waals surface area contributed by atoms with Gasteiger partial charge in [-0.2, -0.15) is 0 Å². The van der Waals surface area contributed by atoms with Gasteiger partial charge in [0.2, 0.25) is 5.91 Å². The van der Waals surface area contributed by atoms with Gasteiger partial charge in [-0.05, 0) is 50.6 Å². The quantitative estimate of drug-likeness (QED) is 0.552. The number of rotatable bonds is 11. The summed E-state index contributed by atoms with van der Waals surface area (Å²) in [6.07, 6.45) is 2.05. The topological polar surface area (TPSA) is 70.7 Å². The molecule has 0 saturated heterocycles. The van der Waals surface area contributed by atoms with Crippen LogP contribution in [0.1, 0.15) is 44.0 Å². The van der Waals surface area contributed by atoms with Gasteiger partial charge in [0.25, 0.3) is 5.91 Å². The lowest BCUT2D eigenvalue weighted by Crippen LogP contribution is -2.30. The van der Waals surface area contributed by atoms with E-state index in [4.69, 9.17) is 4.74 Å². The second kappa shape index (κ2) is 11.7. The fourth-order valence-electron chi connectivity index (χ4n) is 2.87. The van der Waals surface area contributed by atoms with Crippen LogP contribution in [0, 0.1) is 0 Å². The highest BCUT2D eigenvalue weighted by molar-refractivity contribution is 5.98. The van der Waals surface area contributed by atoms with Crippen LogP contribution in [0.2, 0.25) is 0 Å². The van der Waals surface area contributed by atoms with E-state index in [0.29, 0.717) is 30.9 Å². The molecule has 0 aliphatic carbocycles. The van der Waals surface area contributed by atoms with Crippen molar-refractivity contribution in [3.8, 4) is 5.75 Å². The molecule has 2 aromatic rings. The van der Waals surface area contributed by atoms with Crippen molar-refractivity contribution in [2.45, 2.75) is 33.6 Å². The SMILES string of the molecule is CCCCOc1ccccc1NCC(=O)Nc1cccc(C(=O)N(CC)CC)c1. The zero-order valence-corrected chi connectivity index (χ0v) is 17.5. The van der Waals surface area contributed by atoms with Crippen LogP contribution in [0.5, 0.6) is 5.75 Å². The van der Waals surface area contributed by atoms with Crippen LogP contribution in [0.15, 0.2) is 48.5 Å². The number of nitrogens with zero attached hydrogens (tertiary/aromatic N) is 1. The van der Waals surface area contributed by atoms with Crippen molar-refractivity contribution in [3.63, 3.8) is 0 Å². The molecule has 0 atom stereocenters. The van der Waals surface area contributed by atoms with Crippen molar-refractivity contribution >= 4 is 23.2 Å². The van der Waals surface area contributed by atoms with Crippen LogP contribution in [-0.4, -0.2) is 43.0 Å². The normalized spacial score (nSPS) is 10.3. The number of para-hydroxylation sites is 2. The first-order valence-corrected chi connectivity index (χ1v) is 10.2. The number of nitrogens with one attached hydrogen (secondary N) is 2. The summed E-state index contributed by atoms with van der Waals surface area (Å²) in [6, 6.07) is 14.6. The lowest BCUT2D eigenvalue weighted by Gasteiger charge is -2.19. The minimum Gasteiger partial charge on any atom is -0.491 e. The van der Waals surface area contributed by atoms with Gasteiger partial charge >= 0.3 is 0 Å². The summed E-state index contributed by atoms with van der Waals surface area (Å²) < 4.78 is 5.78. The standard InChI is InChI=1S/C23H31N3O3/c1-4-7-15-29-21-14-9-8-13-20(21)24-17-22(27)25-19-12-10-11-18(16-19)23(28)26(5-2)6-3/h8-14,16,24H,4-7,15,17H2,1-3H3,(H,25,27). The van der Waals surface area contributed by atoms with Gasteiger partial charge in [-0.15, -0.1) is 0 Å². The number of carbonyl (C=O) groups is 2. The first-order chi connectivity index (χ1) is 14.1. The molecule has 2 aromatic carbocycles. The Labute approximate surface area is 173 Å². The third-order valence-electron chi connectivity index (χ3n) is 4.53. The third kappa shape index (κ3) is 6.82. The van der Waals surface area contributed by atoms with E-state index >= 15 is 0 Å². The average molecular weight is 398 g/mol. The molecule has 0 spiro atoms. The second-order valence-corrected chi connectivity index (χ2v) is 6.66. The minimum atomic E-state index is -0.194. The Bertz CT molecular complexity index is 803. The zero-order chi connectivity index (χ0) is 21.1. The van der Waals surface area contributed by atoms with E-state index in [1.807, 2.05) is 38.1 Å². The van der Waals surface area contributed by atoms with E-state index in [1.165, 1.54) is 0 Å². The monoisotopic (exact) mass is 397 g/mol. The maximum Gasteiger partial charge on any atom is 0.253 e. The Morgan fingerprint density at radius 1 is 1.00 bits per heavy atom. The van der Waals surface area contributed by atoms with E-state index in [2.05, 4.69) is 17.6 Å². The number of anilines is 2. The van der Waals surface area contributed by atoms with Crippen LogP contribution < -0.4 is 15.4 Å². The van der Waals surface area contributed by atoms with Crippen molar-refractivity contribution in [1.29, 1.82) is 0 Å². The van der Waals surface area contributed by atoms with E-state index in [9.17, 15) is 9.59 Å². The van der Waals surface area contributed by atoms with Crippen molar-refractivity contribution in [1.82, 2.24) is 4.90 Å². The van der Waals surface area contributed by atoms with Gasteiger partial charge in [-0.1, -0.05) is 31.5 Å². The van der Waals surface area contributed by atoms with Crippen LogP contribution in [0.4, 0.5) is 11.4 Å². The van der Waals surface area contributed by atoms with Crippen LogP contribution in [0.25, 0.3) is 0 Å². The van der Waals surface area contributed by atoms with E-state index < -0.39 is 0 Å². The molecule has 6 heteroatoms. The summed E-state index contributed by atoms with van der Waals surface area (Å²) in [5, 5.41) is 5.96. The van der Waals surface area contributed by atoms with E-state index in [1.54, 1.807) is 29.2 Å². The number of carbonyl (C=O) groups excluding carboxylic acids is 2. The molecule has 0 bridgehead atoms. The molecule has 0 heterocycles. The highest BCUT2D eigenvalue weighted by Gasteiger charge is 2.13. The maximum absolute atomic E-state index is 12.5. The largest absolute Gasteiger partial charge is 0.491 e. The molecule has 0 aromatic heterocycles. The number of unbranched alkanes of at least 4 members (excludes halogenated alkanes) is 1. The molecule has 0 aliphatic heterocycles. The summed E-state index contributed by atoms with van der Waals surface area (Å²) in [6.45, 7) is 8.05. The van der Waals surface area contributed by atoms with E-state index in [-0.39, 0.29) is 18.4 Å². The first-order valence-electron chi connectivity index (χ1n) is 10.2. The maximum atomic E-state index is 12.5. The number of hydrogen-bond donors (Lipinski definition) is 2. The van der Waals surface area contributed by atoms with Crippen LogP contribution in [0.3, 0.4) is 0 Å². The average Bonchev–Trinajstić information content (AvgIpc) is 2.74. The molecule has 0 fully saturated rings. The molecular weight excluding hydrogens is 366 g/mol. The molecule has 0 radical (unpaired) electrons. The Morgan fingerprint density at radius 3 is 2.48 bits per heavy atom. The second-order valence-electron chi connectivity index (χ2n) is 6.66. The van der Waals surface area contributed by atoms with Crippen molar-refractivity contribution in [2.24, 2.45) is 0 Å². The van der Waals surface area contributed by atoms with Crippen LogP contribution >= 0.6 is 0 Å². The lowest BCUT2D eigenvalue weighted by molar-refractivity contribution is -0.114. The Kier molecular flexibility index (Phi) is 9.02. The zero-order valence-electron chi connectivity index (χ0n) is 17.5. The highest BCUT2D eigenvalue weighted by Crippen LogP contribution is 2.23. The van der Waals surface area contributed by atoms with Gasteiger partial charge in [-0.3, -0.25) is 9.59 Å².